The van der Waals surface area contributed by atoms with Gasteiger partial charge in [-0.3, -0.25) is 4.90 Å². The number of hydrogen-bond acceptors (Lipinski definition) is 6. The Hall–Kier alpha value is -1.99. The third kappa shape index (κ3) is 3.80. The summed E-state index contributed by atoms with van der Waals surface area (Å²) >= 11 is 1.76. The van der Waals surface area contributed by atoms with Crippen LogP contribution in [0.2, 0.25) is 0 Å². The smallest absolute Gasteiger partial charge is 0.165 e. The molecule has 3 heterocycles. The van der Waals surface area contributed by atoms with Gasteiger partial charge in [-0.15, -0.1) is 16.4 Å². The van der Waals surface area contributed by atoms with Crippen LogP contribution < -0.4 is 0 Å². The van der Waals surface area contributed by atoms with Crippen molar-refractivity contribution in [1.82, 2.24) is 25.1 Å². The van der Waals surface area contributed by atoms with Crippen LogP contribution in [0.25, 0.3) is 0 Å². The standard InChI is InChI=1S/C15H19N5OS/c1-2-7-20-15(16-17-18-20)12-19(10-13-5-3-8-21-13)11-14-6-4-9-22-14/h3-6,8-9H,2,7,10-12H2,1H3. The zero-order valence-corrected chi connectivity index (χ0v) is 13.4. The van der Waals surface area contributed by atoms with E-state index < -0.39 is 0 Å². The zero-order chi connectivity index (χ0) is 15.2. The number of nitrogens with zero attached hydrogens (tertiary/aromatic N) is 5. The van der Waals surface area contributed by atoms with Crippen molar-refractivity contribution in [3.63, 3.8) is 0 Å². The van der Waals surface area contributed by atoms with Crippen molar-refractivity contribution in [3.05, 3.63) is 52.4 Å². The number of thiophene rings is 1. The first-order valence-corrected chi connectivity index (χ1v) is 8.25. The first kappa shape index (κ1) is 14.9. The number of aromatic nitrogens is 4. The van der Waals surface area contributed by atoms with Crippen LogP contribution in [-0.2, 0) is 26.2 Å². The third-order valence-corrected chi connectivity index (χ3v) is 4.19. The first-order valence-electron chi connectivity index (χ1n) is 7.37. The van der Waals surface area contributed by atoms with E-state index >= 15 is 0 Å². The highest BCUT2D eigenvalue weighted by Gasteiger charge is 2.14. The maximum atomic E-state index is 5.48. The molecule has 3 aromatic heterocycles. The number of furan rings is 1. The van der Waals surface area contributed by atoms with Gasteiger partial charge in [0.05, 0.1) is 19.4 Å². The lowest BCUT2D eigenvalue weighted by atomic mass is 10.3. The van der Waals surface area contributed by atoms with Gasteiger partial charge in [-0.25, -0.2) is 4.68 Å². The van der Waals surface area contributed by atoms with Gasteiger partial charge in [0.2, 0.25) is 0 Å². The van der Waals surface area contributed by atoms with E-state index in [1.54, 1.807) is 17.6 Å². The molecular weight excluding hydrogens is 298 g/mol. The lowest BCUT2D eigenvalue weighted by Gasteiger charge is -2.19. The van der Waals surface area contributed by atoms with E-state index in [-0.39, 0.29) is 0 Å². The summed E-state index contributed by atoms with van der Waals surface area (Å²) in [4.78, 5) is 3.61. The van der Waals surface area contributed by atoms with Gasteiger partial charge in [0.25, 0.3) is 0 Å². The predicted octanol–water partition coefficient (Wildman–Crippen LogP) is 2.94. The highest BCUT2D eigenvalue weighted by atomic mass is 32.1. The summed E-state index contributed by atoms with van der Waals surface area (Å²) in [6, 6.07) is 8.14. The minimum Gasteiger partial charge on any atom is -0.468 e. The van der Waals surface area contributed by atoms with Gasteiger partial charge in [-0.05, 0) is 40.4 Å². The largest absolute Gasteiger partial charge is 0.468 e. The molecule has 22 heavy (non-hydrogen) atoms. The lowest BCUT2D eigenvalue weighted by molar-refractivity contribution is 0.219. The van der Waals surface area contributed by atoms with Gasteiger partial charge >= 0.3 is 0 Å². The molecule has 116 valence electrons. The van der Waals surface area contributed by atoms with E-state index in [1.165, 1.54) is 4.88 Å². The van der Waals surface area contributed by atoms with Crippen LogP contribution in [0.5, 0.6) is 0 Å². The molecule has 0 saturated carbocycles. The van der Waals surface area contributed by atoms with E-state index in [4.69, 9.17) is 4.42 Å². The molecule has 0 aliphatic carbocycles. The van der Waals surface area contributed by atoms with Crippen molar-refractivity contribution >= 4 is 11.3 Å². The van der Waals surface area contributed by atoms with Crippen molar-refractivity contribution in [2.24, 2.45) is 0 Å². The summed E-state index contributed by atoms with van der Waals surface area (Å²) in [7, 11) is 0. The van der Waals surface area contributed by atoms with Gasteiger partial charge in [0.1, 0.15) is 5.76 Å². The molecule has 7 heteroatoms. The summed E-state index contributed by atoms with van der Waals surface area (Å²) in [6.45, 7) is 5.26. The van der Waals surface area contributed by atoms with Crippen LogP contribution in [0, 0.1) is 0 Å². The third-order valence-electron chi connectivity index (χ3n) is 3.33. The fourth-order valence-corrected chi connectivity index (χ4v) is 3.08. The maximum absolute atomic E-state index is 5.48. The Morgan fingerprint density at radius 3 is 2.91 bits per heavy atom. The molecule has 0 amide bonds. The van der Waals surface area contributed by atoms with Gasteiger partial charge in [0.15, 0.2) is 5.82 Å². The Bertz CT molecular complexity index is 626. The van der Waals surface area contributed by atoms with Gasteiger partial charge in [-0.1, -0.05) is 13.0 Å². The minimum absolute atomic E-state index is 0.700. The van der Waals surface area contributed by atoms with Crippen molar-refractivity contribution in [2.45, 2.75) is 39.5 Å². The average Bonchev–Trinajstić information content (AvgIpc) is 3.23. The van der Waals surface area contributed by atoms with Crippen molar-refractivity contribution < 1.29 is 4.42 Å². The van der Waals surface area contributed by atoms with Crippen molar-refractivity contribution in [1.29, 1.82) is 0 Å². The second-order valence-electron chi connectivity index (χ2n) is 5.12. The molecule has 0 unspecified atom stereocenters. The molecule has 0 bridgehead atoms. The van der Waals surface area contributed by atoms with E-state index in [2.05, 4.69) is 44.9 Å². The van der Waals surface area contributed by atoms with Crippen LogP contribution >= 0.6 is 11.3 Å². The minimum atomic E-state index is 0.700. The normalized spacial score (nSPS) is 11.4. The molecule has 0 N–H and O–H groups in total. The molecule has 3 rings (SSSR count). The fraction of sp³-hybridized carbons (Fsp3) is 0.400. The Morgan fingerprint density at radius 1 is 1.23 bits per heavy atom. The number of aryl methyl sites for hydroxylation is 1. The summed E-state index contributed by atoms with van der Waals surface area (Å²) in [5.74, 6) is 1.84. The Balaban J connectivity index is 1.73. The number of hydrogen-bond donors (Lipinski definition) is 0. The molecule has 0 aliphatic heterocycles. The molecular formula is C15H19N5OS. The lowest BCUT2D eigenvalue weighted by Crippen LogP contribution is -2.24. The van der Waals surface area contributed by atoms with Crippen molar-refractivity contribution in [3.8, 4) is 0 Å². The topological polar surface area (TPSA) is 60.0 Å². The molecule has 0 aromatic carbocycles. The Morgan fingerprint density at radius 2 is 2.18 bits per heavy atom. The summed E-state index contributed by atoms with van der Waals surface area (Å²) in [6.07, 6.45) is 2.72. The van der Waals surface area contributed by atoms with Crippen LogP contribution in [0.3, 0.4) is 0 Å². The van der Waals surface area contributed by atoms with Gasteiger partial charge in [0, 0.05) is 18.0 Å². The number of tetrazole rings is 1. The molecule has 0 fully saturated rings. The number of rotatable bonds is 8. The molecule has 0 atom stereocenters. The van der Waals surface area contributed by atoms with Gasteiger partial charge < -0.3 is 4.42 Å². The first-order chi connectivity index (χ1) is 10.8. The Labute approximate surface area is 133 Å². The van der Waals surface area contributed by atoms with Crippen LogP contribution in [0.4, 0.5) is 0 Å². The second-order valence-corrected chi connectivity index (χ2v) is 6.15. The summed E-state index contributed by atoms with van der Waals surface area (Å²) in [5.41, 5.74) is 0. The van der Waals surface area contributed by atoms with Crippen LogP contribution in [0.15, 0.2) is 40.3 Å². The van der Waals surface area contributed by atoms with E-state index in [9.17, 15) is 0 Å². The quantitative estimate of drug-likeness (QED) is 0.639. The molecule has 3 aromatic rings. The second kappa shape index (κ2) is 7.33. The Kier molecular flexibility index (Phi) is 4.97. The fourth-order valence-electron chi connectivity index (χ4n) is 2.34. The highest BCUT2D eigenvalue weighted by Crippen LogP contribution is 2.16. The zero-order valence-electron chi connectivity index (χ0n) is 12.6. The predicted molar refractivity (Wildman–Crippen MR) is 84.1 cm³/mol. The summed E-state index contributed by atoms with van der Waals surface area (Å²) < 4.78 is 7.36. The van der Waals surface area contributed by atoms with Crippen molar-refractivity contribution in [2.75, 3.05) is 0 Å². The summed E-state index contributed by atoms with van der Waals surface area (Å²) in [5, 5.41) is 14.1. The highest BCUT2D eigenvalue weighted by molar-refractivity contribution is 7.09. The van der Waals surface area contributed by atoms with E-state index in [1.807, 2.05) is 16.8 Å². The molecule has 0 spiro atoms. The van der Waals surface area contributed by atoms with Crippen LogP contribution in [-0.4, -0.2) is 25.1 Å². The molecule has 0 aliphatic rings. The van der Waals surface area contributed by atoms with Gasteiger partial charge in [-0.2, -0.15) is 0 Å². The van der Waals surface area contributed by atoms with E-state index in [0.29, 0.717) is 6.54 Å². The maximum Gasteiger partial charge on any atom is 0.165 e. The molecule has 6 nitrogen and oxygen atoms in total. The average molecular weight is 317 g/mol. The van der Waals surface area contributed by atoms with E-state index in [0.717, 1.165) is 37.6 Å². The SMILES string of the molecule is CCCn1nnnc1CN(Cc1ccco1)Cc1cccs1. The molecule has 0 radical (unpaired) electrons. The molecule has 0 saturated heterocycles. The monoisotopic (exact) mass is 317 g/mol. The van der Waals surface area contributed by atoms with Crippen LogP contribution in [0.1, 0.15) is 29.8 Å².